The van der Waals surface area contributed by atoms with Crippen LogP contribution in [-0.4, -0.2) is 31.1 Å². The molecule has 20 heavy (non-hydrogen) atoms. The number of hydrogen-bond donors (Lipinski definition) is 2. The molecule has 0 aromatic carbocycles. The molecule has 3 N–H and O–H groups in total. The van der Waals surface area contributed by atoms with Gasteiger partial charge in [-0.05, 0) is 23.2 Å². The highest BCUT2D eigenvalue weighted by Crippen LogP contribution is 2.31. The van der Waals surface area contributed by atoms with Crippen molar-refractivity contribution in [3.63, 3.8) is 0 Å². The van der Waals surface area contributed by atoms with Crippen molar-refractivity contribution in [2.75, 3.05) is 24.4 Å². The van der Waals surface area contributed by atoms with Crippen molar-refractivity contribution in [2.45, 2.75) is 11.4 Å². The molecular weight excluding hydrogens is 300 g/mol. The van der Waals surface area contributed by atoms with E-state index in [1.165, 1.54) is 7.11 Å². The molecule has 2 rings (SSSR count). The fourth-order valence-electron chi connectivity index (χ4n) is 1.62. The predicted octanol–water partition coefficient (Wildman–Crippen LogP) is 1.14. The number of ether oxygens (including phenoxy) is 1. The van der Waals surface area contributed by atoms with E-state index in [4.69, 9.17) is 10.5 Å². The van der Waals surface area contributed by atoms with E-state index in [0.29, 0.717) is 17.4 Å². The van der Waals surface area contributed by atoms with Crippen molar-refractivity contribution in [2.24, 2.45) is 0 Å². The molecule has 0 amide bonds. The van der Waals surface area contributed by atoms with Crippen LogP contribution in [-0.2, 0) is 16.4 Å². The summed E-state index contributed by atoms with van der Waals surface area (Å²) in [6, 6.07) is 3.57. The van der Waals surface area contributed by atoms with Crippen molar-refractivity contribution in [1.82, 2.24) is 9.36 Å². The molecule has 9 heteroatoms. The fourth-order valence-corrected chi connectivity index (χ4v) is 3.68. The first kappa shape index (κ1) is 14.5. The summed E-state index contributed by atoms with van der Waals surface area (Å²) in [6.45, 7) is 0.420. The van der Waals surface area contributed by atoms with Gasteiger partial charge in [-0.2, -0.15) is 4.37 Å². The lowest BCUT2D eigenvalue weighted by Gasteiger charge is -2.07. The first-order valence-corrected chi connectivity index (χ1v) is 8.26. The number of nitrogens with two attached hydrogens (primary N) is 1. The van der Waals surface area contributed by atoms with E-state index in [1.807, 2.05) is 0 Å². The van der Waals surface area contributed by atoms with Crippen LogP contribution in [0, 0.1) is 0 Å². The van der Waals surface area contributed by atoms with Gasteiger partial charge in [-0.3, -0.25) is 0 Å². The average Bonchev–Trinajstić information content (AvgIpc) is 2.77. The van der Waals surface area contributed by atoms with Gasteiger partial charge in [-0.15, -0.1) is 0 Å². The molecule has 0 unspecified atom stereocenters. The second-order valence-electron chi connectivity index (χ2n) is 4.06. The van der Waals surface area contributed by atoms with E-state index in [0.717, 1.165) is 23.4 Å². The van der Waals surface area contributed by atoms with Crippen LogP contribution in [0.3, 0.4) is 0 Å². The van der Waals surface area contributed by atoms with E-state index in [9.17, 15) is 8.42 Å². The van der Waals surface area contributed by atoms with Crippen LogP contribution in [0.5, 0.6) is 5.88 Å². The normalized spacial score (nSPS) is 11.3. The zero-order valence-electron chi connectivity index (χ0n) is 11.0. The number of hydrogen-bond acceptors (Lipinski definition) is 8. The molecule has 2 aromatic rings. The van der Waals surface area contributed by atoms with Gasteiger partial charge in [0, 0.05) is 25.1 Å². The minimum atomic E-state index is -3.41. The Labute approximate surface area is 120 Å². The number of methoxy groups -OCH3 is 1. The lowest BCUT2D eigenvalue weighted by molar-refractivity contribution is 0.397. The van der Waals surface area contributed by atoms with E-state index < -0.39 is 9.84 Å². The Morgan fingerprint density at radius 2 is 2.25 bits per heavy atom. The standard InChI is InChI=1S/C11H14N4O3S2/c1-18-8-5-7(3-4-13-8)6-14-11-9(20(2,16)17)10(12)15-19-11/h3-5,14H,6H2,1-2H3,(H2,12,15). The zero-order chi connectivity index (χ0) is 14.8. The Balaban J connectivity index is 2.19. The second-order valence-corrected chi connectivity index (χ2v) is 6.78. The number of nitrogens with one attached hydrogen (secondary N) is 1. The summed E-state index contributed by atoms with van der Waals surface area (Å²) in [6.07, 6.45) is 2.72. The number of rotatable bonds is 5. The Kier molecular flexibility index (Phi) is 4.09. The first-order chi connectivity index (χ1) is 9.41. The Bertz CT molecular complexity index is 712. The van der Waals surface area contributed by atoms with Crippen LogP contribution < -0.4 is 15.8 Å². The number of anilines is 2. The van der Waals surface area contributed by atoms with Crippen molar-refractivity contribution >= 4 is 32.2 Å². The number of pyridine rings is 1. The minimum absolute atomic E-state index is 0.0207. The van der Waals surface area contributed by atoms with Crippen LogP contribution in [0.1, 0.15) is 5.56 Å². The molecule has 0 fully saturated rings. The highest BCUT2D eigenvalue weighted by Gasteiger charge is 2.21. The molecule has 0 aliphatic heterocycles. The third-order valence-electron chi connectivity index (χ3n) is 2.51. The number of aromatic nitrogens is 2. The molecule has 0 saturated carbocycles. The summed E-state index contributed by atoms with van der Waals surface area (Å²) in [5.41, 5.74) is 6.50. The molecule has 0 atom stereocenters. The largest absolute Gasteiger partial charge is 0.481 e. The third-order valence-corrected chi connectivity index (χ3v) is 4.61. The molecule has 0 aliphatic rings. The number of nitrogen functional groups attached to an aromatic ring is 1. The van der Waals surface area contributed by atoms with Crippen LogP contribution in [0.15, 0.2) is 23.2 Å². The van der Waals surface area contributed by atoms with Crippen molar-refractivity contribution in [1.29, 1.82) is 0 Å². The summed E-state index contributed by atoms with van der Waals surface area (Å²) in [5, 5.41) is 3.45. The van der Waals surface area contributed by atoms with Crippen molar-refractivity contribution < 1.29 is 13.2 Å². The summed E-state index contributed by atoms with van der Waals surface area (Å²) in [5.74, 6) is 0.517. The monoisotopic (exact) mass is 314 g/mol. The second kappa shape index (κ2) is 5.63. The molecule has 0 aliphatic carbocycles. The SMILES string of the molecule is COc1cc(CNc2snc(N)c2S(C)(=O)=O)ccn1. The molecule has 108 valence electrons. The van der Waals surface area contributed by atoms with Gasteiger partial charge in [0.25, 0.3) is 0 Å². The van der Waals surface area contributed by atoms with Gasteiger partial charge in [-0.1, -0.05) is 0 Å². The molecule has 7 nitrogen and oxygen atoms in total. The summed E-state index contributed by atoms with van der Waals surface area (Å²) in [4.78, 5) is 4.04. The Morgan fingerprint density at radius 1 is 1.50 bits per heavy atom. The van der Waals surface area contributed by atoms with Crippen molar-refractivity contribution in [3.8, 4) is 5.88 Å². The third kappa shape index (κ3) is 3.17. The van der Waals surface area contributed by atoms with E-state index in [2.05, 4.69) is 14.7 Å². The quantitative estimate of drug-likeness (QED) is 0.852. The number of nitrogens with zero attached hydrogens (tertiary/aromatic N) is 2. The molecule has 0 bridgehead atoms. The summed E-state index contributed by atoms with van der Waals surface area (Å²) >= 11 is 1.02. The molecular formula is C11H14N4O3S2. The predicted molar refractivity (Wildman–Crippen MR) is 77.8 cm³/mol. The minimum Gasteiger partial charge on any atom is -0.481 e. The van der Waals surface area contributed by atoms with Crippen LogP contribution in [0.25, 0.3) is 0 Å². The molecule has 0 radical (unpaired) electrons. The lowest BCUT2D eigenvalue weighted by Crippen LogP contribution is -2.06. The lowest BCUT2D eigenvalue weighted by atomic mass is 10.2. The van der Waals surface area contributed by atoms with Gasteiger partial charge in [0.05, 0.1) is 7.11 Å². The maximum Gasteiger partial charge on any atom is 0.213 e. The molecule has 0 saturated heterocycles. The highest BCUT2D eigenvalue weighted by molar-refractivity contribution is 7.91. The van der Waals surface area contributed by atoms with Crippen LogP contribution in [0.2, 0.25) is 0 Å². The van der Waals surface area contributed by atoms with Gasteiger partial charge in [0.15, 0.2) is 15.7 Å². The summed E-state index contributed by atoms with van der Waals surface area (Å²) in [7, 11) is -1.88. The molecule has 0 spiro atoms. The van der Waals surface area contributed by atoms with E-state index in [1.54, 1.807) is 18.3 Å². The number of sulfone groups is 1. The maximum atomic E-state index is 11.7. The Morgan fingerprint density at radius 3 is 2.90 bits per heavy atom. The fraction of sp³-hybridized carbons (Fsp3) is 0.273. The van der Waals surface area contributed by atoms with Gasteiger partial charge in [-0.25, -0.2) is 13.4 Å². The first-order valence-electron chi connectivity index (χ1n) is 5.60. The summed E-state index contributed by atoms with van der Waals surface area (Å²) < 4.78 is 32.2. The average molecular weight is 314 g/mol. The Hall–Kier alpha value is -1.87. The van der Waals surface area contributed by atoms with Crippen LogP contribution >= 0.6 is 11.5 Å². The van der Waals surface area contributed by atoms with E-state index in [-0.39, 0.29) is 10.7 Å². The molecule has 2 heterocycles. The van der Waals surface area contributed by atoms with Gasteiger partial charge >= 0.3 is 0 Å². The van der Waals surface area contributed by atoms with Gasteiger partial charge in [0.1, 0.15) is 9.90 Å². The molecule has 2 aromatic heterocycles. The van der Waals surface area contributed by atoms with Crippen molar-refractivity contribution in [3.05, 3.63) is 23.9 Å². The van der Waals surface area contributed by atoms with Crippen LogP contribution in [0.4, 0.5) is 10.8 Å². The van der Waals surface area contributed by atoms with Gasteiger partial charge < -0.3 is 15.8 Å². The maximum absolute atomic E-state index is 11.7. The zero-order valence-corrected chi connectivity index (χ0v) is 12.6. The smallest absolute Gasteiger partial charge is 0.213 e. The van der Waals surface area contributed by atoms with E-state index >= 15 is 0 Å². The topological polar surface area (TPSA) is 107 Å². The highest BCUT2D eigenvalue weighted by atomic mass is 32.2. The van der Waals surface area contributed by atoms with Gasteiger partial charge in [0.2, 0.25) is 5.88 Å².